The number of anilines is 1. The molecule has 0 radical (unpaired) electrons. The first kappa shape index (κ1) is 23.6. The first-order chi connectivity index (χ1) is 10.0. The Kier molecular flexibility index (Phi) is 13.2. The number of halogens is 2. The average Bonchev–Trinajstić information content (AvgIpc) is 2.49. The zero-order chi connectivity index (χ0) is 15.7. The molecule has 2 amide bonds. The molecule has 0 unspecified atom stereocenters. The number of amides is 2. The van der Waals surface area contributed by atoms with Crippen molar-refractivity contribution in [1.82, 2.24) is 20.6 Å². The van der Waals surface area contributed by atoms with Crippen LogP contribution in [0.15, 0.2) is 18.6 Å². The van der Waals surface area contributed by atoms with E-state index in [4.69, 9.17) is 5.73 Å². The van der Waals surface area contributed by atoms with Gasteiger partial charge in [0.2, 0.25) is 11.8 Å². The predicted octanol–water partition coefficient (Wildman–Crippen LogP) is -0.0522. The van der Waals surface area contributed by atoms with Crippen LogP contribution < -0.4 is 21.7 Å². The van der Waals surface area contributed by atoms with Gasteiger partial charge in [-0.3, -0.25) is 14.6 Å². The third-order valence-electron chi connectivity index (χ3n) is 2.76. The molecule has 0 saturated carbocycles. The molecular weight excluding hydrogens is 343 g/mol. The number of carbonyl (C=O) groups excluding carboxylic acids is 2. The van der Waals surface area contributed by atoms with E-state index in [0.717, 1.165) is 0 Å². The minimum Gasteiger partial charge on any atom is -0.367 e. The van der Waals surface area contributed by atoms with Crippen molar-refractivity contribution >= 4 is 42.4 Å². The Morgan fingerprint density at radius 3 is 2.43 bits per heavy atom. The molecule has 1 rings (SSSR count). The highest BCUT2D eigenvalue weighted by molar-refractivity contribution is 5.87. The Labute approximate surface area is 148 Å². The van der Waals surface area contributed by atoms with Crippen LogP contribution in [0.3, 0.4) is 0 Å². The number of nitrogens with zero attached hydrogens (tertiary/aromatic N) is 2. The van der Waals surface area contributed by atoms with Crippen molar-refractivity contribution in [3.05, 3.63) is 18.6 Å². The third kappa shape index (κ3) is 9.88. The van der Waals surface area contributed by atoms with Crippen LogP contribution in [-0.4, -0.2) is 47.5 Å². The fraction of sp³-hybridized carbons (Fsp3) is 0.538. The van der Waals surface area contributed by atoms with Crippen LogP contribution in [0.2, 0.25) is 0 Å². The average molecular weight is 367 g/mol. The minimum absolute atomic E-state index is 0. The third-order valence-corrected chi connectivity index (χ3v) is 2.76. The molecule has 0 aliphatic carbocycles. The summed E-state index contributed by atoms with van der Waals surface area (Å²) in [7, 11) is 0. The zero-order valence-electron chi connectivity index (χ0n) is 13.1. The van der Waals surface area contributed by atoms with E-state index in [-0.39, 0.29) is 49.1 Å². The van der Waals surface area contributed by atoms with Crippen molar-refractivity contribution in [2.75, 3.05) is 25.0 Å². The summed E-state index contributed by atoms with van der Waals surface area (Å²) in [6, 6.07) is -0.601. The number of nitrogens with two attached hydrogens (primary N) is 1. The van der Waals surface area contributed by atoms with Gasteiger partial charge < -0.3 is 21.7 Å². The van der Waals surface area contributed by atoms with E-state index < -0.39 is 6.04 Å². The molecular formula is C13H24Cl2N6O2. The number of nitrogens with one attached hydrogen (secondary N) is 3. The van der Waals surface area contributed by atoms with E-state index in [1.807, 2.05) is 13.8 Å². The van der Waals surface area contributed by atoms with Gasteiger partial charge in [-0.05, 0) is 5.92 Å². The largest absolute Gasteiger partial charge is 0.367 e. The van der Waals surface area contributed by atoms with Gasteiger partial charge in [0.1, 0.15) is 5.82 Å². The van der Waals surface area contributed by atoms with Crippen molar-refractivity contribution in [2.24, 2.45) is 11.7 Å². The van der Waals surface area contributed by atoms with Gasteiger partial charge in [-0.1, -0.05) is 13.8 Å². The standard InChI is InChI=1S/C13H22N6O2.2ClH/c1-9(2)12(14)13(21)19-8-11(20)18-6-5-17-10-7-15-3-4-16-10;;/h3-4,7,9,12H,5-6,8,14H2,1-2H3,(H,16,17)(H,18,20)(H,19,21);2*1H/t12-;;/m0../s1. The van der Waals surface area contributed by atoms with Crippen molar-refractivity contribution in [1.29, 1.82) is 0 Å². The molecule has 0 aliphatic rings. The van der Waals surface area contributed by atoms with Crippen LogP contribution in [0.1, 0.15) is 13.8 Å². The molecule has 8 nitrogen and oxygen atoms in total. The Hall–Kier alpha value is -1.64. The van der Waals surface area contributed by atoms with Gasteiger partial charge >= 0.3 is 0 Å². The molecule has 0 bridgehead atoms. The number of hydrogen-bond acceptors (Lipinski definition) is 6. The summed E-state index contributed by atoms with van der Waals surface area (Å²) in [4.78, 5) is 31.0. The highest BCUT2D eigenvalue weighted by Crippen LogP contribution is 1.97. The van der Waals surface area contributed by atoms with E-state index in [1.54, 1.807) is 18.6 Å². The summed E-state index contributed by atoms with van der Waals surface area (Å²) in [5.74, 6) is 0.0882. The Morgan fingerprint density at radius 1 is 1.17 bits per heavy atom. The molecule has 0 fully saturated rings. The molecule has 1 aromatic heterocycles. The molecule has 1 heterocycles. The maximum absolute atomic E-state index is 11.6. The van der Waals surface area contributed by atoms with E-state index in [2.05, 4.69) is 25.9 Å². The molecule has 0 aliphatic heterocycles. The van der Waals surface area contributed by atoms with Gasteiger partial charge in [0, 0.05) is 25.5 Å². The van der Waals surface area contributed by atoms with Crippen molar-refractivity contribution in [3.8, 4) is 0 Å². The van der Waals surface area contributed by atoms with E-state index in [0.29, 0.717) is 18.9 Å². The predicted molar refractivity (Wildman–Crippen MR) is 93.9 cm³/mol. The van der Waals surface area contributed by atoms with Crippen LogP contribution >= 0.6 is 24.8 Å². The summed E-state index contributed by atoms with van der Waals surface area (Å²) in [5, 5.41) is 8.18. The minimum atomic E-state index is -0.601. The second-order valence-electron chi connectivity index (χ2n) is 4.85. The summed E-state index contributed by atoms with van der Waals surface area (Å²) in [6.07, 6.45) is 4.75. The topological polar surface area (TPSA) is 122 Å². The van der Waals surface area contributed by atoms with Crippen molar-refractivity contribution in [2.45, 2.75) is 19.9 Å². The van der Waals surface area contributed by atoms with E-state index in [9.17, 15) is 9.59 Å². The highest BCUT2D eigenvalue weighted by Gasteiger charge is 2.17. The maximum Gasteiger partial charge on any atom is 0.239 e. The molecule has 0 saturated heterocycles. The van der Waals surface area contributed by atoms with Gasteiger partial charge in [0.15, 0.2) is 0 Å². The SMILES string of the molecule is CC(C)[C@H](N)C(=O)NCC(=O)NCCNc1cnccn1.Cl.Cl. The van der Waals surface area contributed by atoms with Gasteiger partial charge in [-0.2, -0.15) is 0 Å². The summed E-state index contributed by atoms with van der Waals surface area (Å²) < 4.78 is 0. The fourth-order valence-electron chi connectivity index (χ4n) is 1.43. The van der Waals surface area contributed by atoms with Crippen molar-refractivity contribution in [3.63, 3.8) is 0 Å². The van der Waals surface area contributed by atoms with Gasteiger partial charge in [0.25, 0.3) is 0 Å². The van der Waals surface area contributed by atoms with Crippen LogP contribution in [0.25, 0.3) is 0 Å². The second-order valence-corrected chi connectivity index (χ2v) is 4.85. The van der Waals surface area contributed by atoms with Crippen LogP contribution in [0.5, 0.6) is 0 Å². The molecule has 132 valence electrons. The van der Waals surface area contributed by atoms with E-state index in [1.165, 1.54) is 0 Å². The number of carbonyl (C=O) groups is 2. The molecule has 10 heteroatoms. The lowest BCUT2D eigenvalue weighted by molar-refractivity contribution is -0.127. The smallest absolute Gasteiger partial charge is 0.239 e. The highest BCUT2D eigenvalue weighted by atomic mass is 35.5. The lowest BCUT2D eigenvalue weighted by Gasteiger charge is -2.15. The molecule has 5 N–H and O–H groups in total. The quantitative estimate of drug-likeness (QED) is 0.478. The second kappa shape index (κ2) is 12.9. The summed E-state index contributed by atoms with van der Waals surface area (Å²) in [6.45, 7) is 4.56. The Morgan fingerprint density at radius 2 is 1.87 bits per heavy atom. The Balaban J connectivity index is 0. The van der Waals surface area contributed by atoms with Gasteiger partial charge in [-0.25, -0.2) is 4.98 Å². The molecule has 0 spiro atoms. The monoisotopic (exact) mass is 366 g/mol. The van der Waals surface area contributed by atoms with Gasteiger partial charge in [-0.15, -0.1) is 24.8 Å². The summed E-state index contributed by atoms with van der Waals surface area (Å²) >= 11 is 0. The molecule has 1 atom stereocenters. The molecule has 1 aromatic rings. The number of hydrogen-bond donors (Lipinski definition) is 4. The fourth-order valence-corrected chi connectivity index (χ4v) is 1.43. The summed E-state index contributed by atoms with van der Waals surface area (Å²) in [5.41, 5.74) is 5.67. The normalized spacial score (nSPS) is 10.8. The van der Waals surface area contributed by atoms with Crippen LogP contribution in [0, 0.1) is 5.92 Å². The van der Waals surface area contributed by atoms with Crippen LogP contribution in [0.4, 0.5) is 5.82 Å². The number of rotatable bonds is 8. The van der Waals surface area contributed by atoms with Crippen LogP contribution in [-0.2, 0) is 9.59 Å². The van der Waals surface area contributed by atoms with Gasteiger partial charge in [0.05, 0.1) is 18.8 Å². The molecule has 0 aromatic carbocycles. The Bertz CT molecular complexity index is 461. The zero-order valence-corrected chi connectivity index (χ0v) is 14.7. The lowest BCUT2D eigenvalue weighted by atomic mass is 10.1. The number of aromatic nitrogens is 2. The van der Waals surface area contributed by atoms with Crippen molar-refractivity contribution < 1.29 is 9.59 Å². The lowest BCUT2D eigenvalue weighted by Crippen LogP contribution is -2.47. The molecule has 23 heavy (non-hydrogen) atoms. The maximum atomic E-state index is 11.6. The van der Waals surface area contributed by atoms with E-state index >= 15 is 0 Å². The first-order valence-electron chi connectivity index (χ1n) is 6.80. The first-order valence-corrected chi connectivity index (χ1v) is 6.80.